The van der Waals surface area contributed by atoms with Gasteiger partial charge in [0.05, 0.1) is 6.61 Å². The van der Waals surface area contributed by atoms with E-state index in [2.05, 4.69) is 48.2 Å². The van der Waals surface area contributed by atoms with Gasteiger partial charge in [-0.2, -0.15) is 4.98 Å². The molecule has 47 heavy (non-hydrogen) atoms. The molecule has 2 fully saturated rings. The summed E-state index contributed by atoms with van der Waals surface area (Å²) >= 11 is 0. The Balaban J connectivity index is 1.08. The Kier molecular flexibility index (Phi) is 11.3. The van der Waals surface area contributed by atoms with Crippen molar-refractivity contribution in [1.82, 2.24) is 9.88 Å². The van der Waals surface area contributed by atoms with Crippen LogP contribution in [-0.4, -0.2) is 48.8 Å². The minimum absolute atomic E-state index is 0.126. The highest BCUT2D eigenvalue weighted by molar-refractivity contribution is 5.71. The van der Waals surface area contributed by atoms with Gasteiger partial charge in [-0.1, -0.05) is 86.1 Å². The molecular formula is C40H47N3O4. The van der Waals surface area contributed by atoms with E-state index in [4.69, 9.17) is 19.2 Å². The fourth-order valence-electron chi connectivity index (χ4n) is 6.73. The third-order valence-corrected chi connectivity index (χ3v) is 9.47. The van der Waals surface area contributed by atoms with Gasteiger partial charge in [-0.15, -0.1) is 0 Å². The van der Waals surface area contributed by atoms with E-state index in [-0.39, 0.29) is 6.09 Å². The monoisotopic (exact) mass is 633 g/mol. The Labute approximate surface area is 279 Å². The lowest BCUT2D eigenvalue weighted by molar-refractivity contribution is 0.0706. The summed E-state index contributed by atoms with van der Waals surface area (Å²) in [4.78, 5) is 21.8. The van der Waals surface area contributed by atoms with Crippen molar-refractivity contribution in [3.63, 3.8) is 0 Å². The topological polar surface area (TPSA) is 64.1 Å². The molecule has 0 radical (unpaired) electrons. The molecule has 3 aromatic carbocycles. The molecule has 3 heterocycles. The molecule has 7 heteroatoms. The van der Waals surface area contributed by atoms with Gasteiger partial charge in [0.1, 0.15) is 13.2 Å². The van der Waals surface area contributed by atoms with Crippen LogP contribution in [0.4, 0.5) is 10.5 Å². The van der Waals surface area contributed by atoms with Gasteiger partial charge in [-0.3, -0.25) is 0 Å². The summed E-state index contributed by atoms with van der Waals surface area (Å²) in [7, 11) is 0. The zero-order valence-corrected chi connectivity index (χ0v) is 27.6. The van der Waals surface area contributed by atoms with Gasteiger partial charge in [0.2, 0.25) is 11.8 Å². The molecule has 1 aromatic heterocycles. The van der Waals surface area contributed by atoms with Crippen molar-refractivity contribution in [3.8, 4) is 22.9 Å². The number of pyridine rings is 1. The van der Waals surface area contributed by atoms with Gasteiger partial charge < -0.3 is 24.0 Å². The zero-order valence-electron chi connectivity index (χ0n) is 27.6. The number of rotatable bonds is 12. The average molecular weight is 634 g/mol. The SMILES string of the molecule is CCCCOC(=O)N1CCCC(C2CCN(c3ccc(-c4ccc(OCc5ccccc5)nc4OCc4ccccc4)cc3)CC2)C1. The number of benzene rings is 3. The number of unbranched alkanes of at least 4 members (excludes halogenated alkanes) is 1. The normalized spacial score (nSPS) is 16.9. The van der Waals surface area contributed by atoms with Gasteiger partial charge in [-0.25, -0.2) is 4.79 Å². The van der Waals surface area contributed by atoms with Crippen molar-refractivity contribution >= 4 is 11.8 Å². The molecule has 7 nitrogen and oxygen atoms in total. The number of hydrogen-bond donors (Lipinski definition) is 0. The van der Waals surface area contributed by atoms with Crippen LogP contribution < -0.4 is 14.4 Å². The lowest BCUT2D eigenvalue weighted by atomic mass is 9.79. The van der Waals surface area contributed by atoms with Crippen molar-refractivity contribution in [2.24, 2.45) is 11.8 Å². The number of nitrogens with zero attached hydrogens (tertiary/aromatic N) is 3. The summed E-state index contributed by atoms with van der Waals surface area (Å²) in [5.41, 5.74) is 5.41. The summed E-state index contributed by atoms with van der Waals surface area (Å²) in [6, 6.07) is 33.0. The maximum absolute atomic E-state index is 12.6. The molecule has 1 atom stereocenters. The van der Waals surface area contributed by atoms with E-state index in [1.54, 1.807) is 0 Å². The highest BCUT2D eigenvalue weighted by atomic mass is 16.6. The first-order valence-electron chi connectivity index (χ1n) is 17.3. The molecule has 2 aliphatic rings. The third kappa shape index (κ3) is 8.85. The Morgan fingerprint density at radius 3 is 2.13 bits per heavy atom. The van der Waals surface area contributed by atoms with E-state index in [0.717, 1.165) is 80.5 Å². The van der Waals surface area contributed by atoms with Crippen molar-refractivity contribution in [2.45, 2.75) is 58.7 Å². The molecular weight excluding hydrogens is 586 g/mol. The number of carbonyl (C=O) groups is 1. The second-order valence-corrected chi connectivity index (χ2v) is 12.7. The van der Waals surface area contributed by atoms with Crippen LogP contribution in [-0.2, 0) is 18.0 Å². The van der Waals surface area contributed by atoms with E-state index in [0.29, 0.717) is 43.4 Å². The number of anilines is 1. The van der Waals surface area contributed by atoms with Gasteiger partial charge in [0.15, 0.2) is 0 Å². The van der Waals surface area contributed by atoms with Gasteiger partial charge in [0.25, 0.3) is 0 Å². The van der Waals surface area contributed by atoms with Crippen LogP contribution in [0.25, 0.3) is 11.1 Å². The standard InChI is InChI=1S/C40H47N3O4/c1-2-3-27-45-40(44)43-24-10-15-35(28-43)33-22-25-42(26-23-33)36-18-16-34(17-19-36)37-20-21-38(46-29-31-11-6-4-7-12-31)41-39(37)47-30-32-13-8-5-9-14-32/h4-9,11-14,16-21,33,35H,2-3,10,15,22-30H2,1H3. The molecule has 246 valence electrons. The fraction of sp³-hybridized carbons (Fsp3) is 0.400. The second-order valence-electron chi connectivity index (χ2n) is 12.7. The number of ether oxygens (including phenoxy) is 3. The van der Waals surface area contributed by atoms with Crippen molar-refractivity contribution < 1.29 is 19.0 Å². The quantitative estimate of drug-likeness (QED) is 0.145. The Morgan fingerprint density at radius 1 is 0.766 bits per heavy atom. The van der Waals surface area contributed by atoms with Crippen LogP contribution in [0.1, 0.15) is 56.6 Å². The lowest BCUT2D eigenvalue weighted by Crippen LogP contribution is -2.45. The van der Waals surface area contributed by atoms with E-state index in [9.17, 15) is 4.79 Å². The number of aromatic nitrogens is 1. The first kappa shape index (κ1) is 32.4. The summed E-state index contributed by atoms with van der Waals surface area (Å²) in [5.74, 6) is 2.31. The van der Waals surface area contributed by atoms with Crippen LogP contribution in [0, 0.1) is 11.8 Å². The zero-order chi connectivity index (χ0) is 32.3. The average Bonchev–Trinajstić information content (AvgIpc) is 3.14. The maximum atomic E-state index is 12.6. The van der Waals surface area contributed by atoms with Gasteiger partial charge >= 0.3 is 6.09 Å². The second kappa shape index (κ2) is 16.3. The van der Waals surface area contributed by atoms with E-state index in [1.165, 1.54) is 12.1 Å². The number of carbonyl (C=O) groups excluding carboxylic acids is 1. The predicted molar refractivity (Wildman–Crippen MR) is 187 cm³/mol. The molecule has 0 aliphatic carbocycles. The molecule has 2 aliphatic heterocycles. The first-order valence-corrected chi connectivity index (χ1v) is 17.3. The number of hydrogen-bond acceptors (Lipinski definition) is 6. The van der Waals surface area contributed by atoms with E-state index in [1.807, 2.05) is 65.6 Å². The minimum Gasteiger partial charge on any atom is -0.473 e. The van der Waals surface area contributed by atoms with Crippen LogP contribution in [0.15, 0.2) is 97.1 Å². The molecule has 1 unspecified atom stereocenters. The smallest absolute Gasteiger partial charge is 0.409 e. The molecule has 1 amide bonds. The lowest BCUT2D eigenvalue weighted by Gasteiger charge is -2.41. The van der Waals surface area contributed by atoms with Gasteiger partial charge in [0, 0.05) is 43.5 Å². The number of piperidine rings is 2. The summed E-state index contributed by atoms with van der Waals surface area (Å²) in [5, 5.41) is 0. The van der Waals surface area contributed by atoms with Gasteiger partial charge in [-0.05, 0) is 78.8 Å². The Hall–Kier alpha value is -4.52. The molecule has 2 saturated heterocycles. The number of amides is 1. The van der Waals surface area contributed by atoms with Crippen LogP contribution in [0.2, 0.25) is 0 Å². The summed E-state index contributed by atoms with van der Waals surface area (Å²) in [6.45, 7) is 7.23. The molecule has 0 bridgehead atoms. The summed E-state index contributed by atoms with van der Waals surface area (Å²) < 4.78 is 17.8. The highest BCUT2D eigenvalue weighted by Gasteiger charge is 2.32. The van der Waals surface area contributed by atoms with Crippen molar-refractivity contribution in [2.75, 3.05) is 37.7 Å². The fourth-order valence-corrected chi connectivity index (χ4v) is 6.73. The van der Waals surface area contributed by atoms with Crippen molar-refractivity contribution in [1.29, 1.82) is 0 Å². The molecule has 0 spiro atoms. The van der Waals surface area contributed by atoms with Crippen LogP contribution >= 0.6 is 0 Å². The Morgan fingerprint density at radius 2 is 1.45 bits per heavy atom. The molecule has 0 N–H and O–H groups in total. The predicted octanol–water partition coefficient (Wildman–Crippen LogP) is 8.77. The highest BCUT2D eigenvalue weighted by Crippen LogP contribution is 2.36. The van der Waals surface area contributed by atoms with Crippen molar-refractivity contribution in [3.05, 3.63) is 108 Å². The maximum Gasteiger partial charge on any atom is 0.409 e. The summed E-state index contributed by atoms with van der Waals surface area (Å²) in [6.07, 6.45) is 6.42. The van der Waals surface area contributed by atoms with E-state index < -0.39 is 0 Å². The van der Waals surface area contributed by atoms with Crippen LogP contribution in [0.5, 0.6) is 11.8 Å². The van der Waals surface area contributed by atoms with E-state index >= 15 is 0 Å². The minimum atomic E-state index is -0.126. The molecule has 4 aromatic rings. The number of likely N-dealkylation sites (tertiary alicyclic amines) is 1. The molecule has 6 rings (SSSR count). The first-order chi connectivity index (χ1) is 23.2. The largest absolute Gasteiger partial charge is 0.473 e. The Bertz CT molecular complexity index is 1540. The molecule has 0 saturated carbocycles. The third-order valence-electron chi connectivity index (χ3n) is 9.47. The van der Waals surface area contributed by atoms with Crippen LogP contribution in [0.3, 0.4) is 0 Å².